The molecule has 0 aliphatic heterocycles. The second kappa shape index (κ2) is 188. The van der Waals surface area contributed by atoms with Crippen molar-refractivity contribution in [1.29, 1.82) is 0 Å². The van der Waals surface area contributed by atoms with Crippen molar-refractivity contribution in [1.82, 2.24) is 0 Å². The van der Waals surface area contributed by atoms with Crippen LogP contribution in [0.25, 0.3) is 0 Å². The molecule has 4 N–H and O–H groups in total. The molecule has 0 atom stereocenters. The zero-order valence-corrected chi connectivity index (χ0v) is 72.9. The highest BCUT2D eigenvalue weighted by atomic mass is 16.5. The summed E-state index contributed by atoms with van der Waals surface area (Å²) in [6.45, 7) is 47.3. The molecule has 0 bridgehead atoms. The molecule has 0 spiro atoms. The van der Waals surface area contributed by atoms with Gasteiger partial charge in [0.2, 0.25) is 0 Å². The minimum Gasteiger partial charge on any atom is -0.481 e. The minimum absolute atomic E-state index is 0. The van der Waals surface area contributed by atoms with Gasteiger partial charge in [0, 0.05) is 100 Å². The number of rotatable bonds is 14. The van der Waals surface area contributed by atoms with Crippen LogP contribution in [-0.2, 0) is 38.1 Å². The van der Waals surface area contributed by atoms with Crippen molar-refractivity contribution in [2.45, 2.75) is 226 Å². The van der Waals surface area contributed by atoms with Crippen LogP contribution in [0.15, 0.2) is 243 Å². The Morgan fingerprint density at radius 2 is 0.292 bits per heavy atom. The number of benzene rings is 8. The molecule has 696 valence electrons. The summed E-state index contributed by atoms with van der Waals surface area (Å²) in [5, 5.41) is 30.4. The number of carbonyl (C=O) groups excluding carboxylic acids is 8. The van der Waals surface area contributed by atoms with Crippen molar-refractivity contribution in [3.05, 3.63) is 287 Å². The van der Waals surface area contributed by atoms with Gasteiger partial charge in [-0.1, -0.05) is 441 Å². The Kier molecular flexibility index (Phi) is 276. The van der Waals surface area contributed by atoms with Crippen LogP contribution >= 0.6 is 0 Å². The van der Waals surface area contributed by atoms with Gasteiger partial charge in [0.15, 0.2) is 0 Å². The van der Waals surface area contributed by atoms with Crippen LogP contribution in [0.4, 0.5) is 0 Å². The van der Waals surface area contributed by atoms with E-state index >= 15 is 0 Å². The number of hydrogen-bond acceptors (Lipinski definition) is 16. The van der Waals surface area contributed by atoms with Gasteiger partial charge in [0.1, 0.15) is 63.5 Å². The Bertz CT molecular complexity index is 2420. The zero-order valence-electron chi connectivity index (χ0n) is 72.9. The van der Waals surface area contributed by atoms with E-state index in [2.05, 4.69) is 18.9 Å². The fourth-order valence-electron chi connectivity index (χ4n) is 4.50. The van der Waals surface area contributed by atoms with E-state index in [9.17, 15) is 47.9 Å². The average Bonchev–Trinajstić information content (AvgIpc) is 1.05. The quantitative estimate of drug-likeness (QED) is 0.0735. The second-order valence-corrected chi connectivity index (χ2v) is 16.1. The van der Waals surface area contributed by atoms with Gasteiger partial charge in [-0.2, -0.15) is 0 Å². The molecule has 8 rings (SSSR count). The SMILES string of the molecule is C.C.C.C.C.C.C.C.CC.CC.CC.CC.CC.CC.CC.CC.CC.CC.CC(=O)O.CC(=O)O.CCOC.CCOC.COCC(=O)O.COCC(=O)O.O=Cc1ccccc1.O=Cc1ccccc1.O=Cc1ccccc1.O=Cc1ccccc1.O=Cc1ccccc1.O=Cc1ccccc1.O=Cc1ccccc1.O=Cc1ccccc1. The van der Waals surface area contributed by atoms with E-state index in [-0.39, 0.29) is 72.6 Å². The molecule has 0 heterocycles. The number of carboxylic acid groups (broad SMARTS) is 4. The van der Waals surface area contributed by atoms with Crippen molar-refractivity contribution < 1.29 is 96.9 Å². The Morgan fingerprint density at radius 3 is 0.317 bits per heavy atom. The molecule has 0 saturated carbocycles. The summed E-state index contributed by atoms with van der Waals surface area (Å²) in [7, 11) is 6.04. The monoisotopic (exact) mass is 1700 g/mol. The summed E-state index contributed by atoms with van der Waals surface area (Å²) in [6.07, 6.45) is 6.67. The Hall–Kier alpha value is -11.2. The molecule has 0 aliphatic carbocycles. The van der Waals surface area contributed by atoms with Crippen LogP contribution < -0.4 is 0 Å². The lowest BCUT2D eigenvalue weighted by Gasteiger charge is -1.83. The van der Waals surface area contributed by atoms with E-state index in [1.165, 1.54) is 14.2 Å². The summed E-state index contributed by atoms with van der Waals surface area (Å²) in [5.74, 6) is -3.53. The first-order chi connectivity index (χ1) is 54.3. The topological polar surface area (TPSA) is 323 Å². The summed E-state index contributed by atoms with van der Waals surface area (Å²) in [6, 6.07) is 72.8. The van der Waals surface area contributed by atoms with Crippen molar-refractivity contribution >= 4 is 74.2 Å². The smallest absolute Gasteiger partial charge is 0.329 e. The highest BCUT2D eigenvalue weighted by Crippen LogP contribution is 1.97. The van der Waals surface area contributed by atoms with E-state index in [4.69, 9.17) is 30.0 Å². The zero-order chi connectivity index (χ0) is 90.5. The Balaban J connectivity index is -0.0000000370. The van der Waals surface area contributed by atoms with Crippen LogP contribution in [0.2, 0.25) is 0 Å². The molecule has 0 aliphatic rings. The van der Waals surface area contributed by atoms with Gasteiger partial charge in [-0.15, -0.1) is 0 Å². The van der Waals surface area contributed by atoms with Crippen LogP contribution in [-0.4, -0.2) is 149 Å². The first kappa shape index (κ1) is 176. The molecular weight excluding hydrogens is 1520 g/mol. The Labute approximate surface area is 735 Å². The molecule has 20 heteroatoms. The number of aldehydes is 8. The van der Waals surface area contributed by atoms with Gasteiger partial charge in [0.05, 0.1) is 0 Å². The number of hydrogen-bond donors (Lipinski definition) is 4. The van der Waals surface area contributed by atoms with Crippen molar-refractivity contribution in [2.24, 2.45) is 0 Å². The van der Waals surface area contributed by atoms with Gasteiger partial charge < -0.3 is 39.4 Å². The molecule has 20 nitrogen and oxygen atoms in total. The molecule has 0 aromatic heterocycles. The third-order valence-corrected chi connectivity index (χ3v) is 8.60. The first-order valence-electron chi connectivity index (χ1n) is 37.1. The maximum atomic E-state index is 10.0. The maximum Gasteiger partial charge on any atom is 0.329 e. The van der Waals surface area contributed by atoms with Crippen LogP contribution in [0.5, 0.6) is 0 Å². The van der Waals surface area contributed by atoms with E-state index in [0.717, 1.165) is 122 Å². The summed E-state index contributed by atoms with van der Waals surface area (Å²) >= 11 is 0. The lowest BCUT2D eigenvalue weighted by Crippen LogP contribution is -2.02. The van der Waals surface area contributed by atoms with Gasteiger partial charge in [-0.05, 0) is 13.8 Å². The Morgan fingerprint density at radius 1 is 0.217 bits per heavy atom. The van der Waals surface area contributed by atoms with Crippen molar-refractivity contribution in [2.75, 3.05) is 54.9 Å². The normalized spacial score (nSPS) is 6.77. The summed E-state index contributed by atoms with van der Waals surface area (Å²) < 4.78 is 17.5. The van der Waals surface area contributed by atoms with Crippen LogP contribution in [0, 0.1) is 0 Å². The fraction of sp³-hybridized carbons (Fsp3) is 0.400. The molecule has 0 unspecified atom stereocenters. The van der Waals surface area contributed by atoms with Gasteiger partial charge in [-0.25, -0.2) is 9.59 Å². The predicted octanol–water partition coefficient (Wildman–Crippen LogP) is 28.3. The van der Waals surface area contributed by atoms with E-state index in [0.29, 0.717) is 0 Å². The molecule has 0 saturated heterocycles. The van der Waals surface area contributed by atoms with E-state index in [1.54, 1.807) is 111 Å². The lowest BCUT2D eigenvalue weighted by atomic mass is 10.2. The third kappa shape index (κ3) is 203. The van der Waals surface area contributed by atoms with Gasteiger partial charge in [-0.3, -0.25) is 47.9 Å². The summed E-state index contributed by atoms with van der Waals surface area (Å²) in [5.41, 5.74) is 5.83. The van der Waals surface area contributed by atoms with Crippen molar-refractivity contribution in [3.8, 4) is 0 Å². The molecule has 8 aromatic rings. The molecular formula is C100H176O20. The maximum absolute atomic E-state index is 10.0. The van der Waals surface area contributed by atoms with E-state index in [1.807, 2.05) is 298 Å². The fourth-order valence-corrected chi connectivity index (χ4v) is 4.50. The molecule has 8 aromatic carbocycles. The van der Waals surface area contributed by atoms with Crippen molar-refractivity contribution in [3.63, 3.8) is 0 Å². The largest absolute Gasteiger partial charge is 0.481 e. The summed E-state index contributed by atoms with van der Waals surface area (Å²) in [4.78, 5) is 117. The van der Waals surface area contributed by atoms with Gasteiger partial charge in [0.25, 0.3) is 11.9 Å². The number of methoxy groups -OCH3 is 4. The van der Waals surface area contributed by atoms with Gasteiger partial charge >= 0.3 is 11.9 Å². The highest BCUT2D eigenvalue weighted by Gasteiger charge is 1.89. The molecule has 120 heavy (non-hydrogen) atoms. The van der Waals surface area contributed by atoms with Crippen LogP contribution in [0.3, 0.4) is 0 Å². The highest BCUT2D eigenvalue weighted by molar-refractivity contribution is 5.77. The number of ether oxygens (including phenoxy) is 4. The second-order valence-electron chi connectivity index (χ2n) is 16.1. The van der Waals surface area contributed by atoms with E-state index < -0.39 is 23.9 Å². The number of carboxylic acids is 4. The molecule has 0 amide bonds. The number of carbonyl (C=O) groups is 12. The van der Waals surface area contributed by atoms with Crippen LogP contribution in [0.1, 0.15) is 308 Å². The number of aliphatic carboxylic acids is 4. The minimum atomic E-state index is -0.933. The molecule has 0 radical (unpaired) electrons. The average molecular weight is 1700 g/mol. The molecule has 0 fully saturated rings. The standard InChI is InChI=1S/8C7H6O.2C3H6O3.2C3H8O.2C2H4O2.10C2H6.8CH4/c8*8-6-7-4-2-1-3-5-7;2*1-6-2-3(4)5;2*1-3-4-2;2*1-2(3)4;10*1-2;;;;;;;;/h8*1-6H;2*2H2,1H3,(H,4,5);2*3H2,1-2H3;2*1H3,(H,3,4);10*1-2H3;8*1H4. The first-order valence-corrected chi connectivity index (χ1v) is 37.1. The third-order valence-electron chi connectivity index (χ3n) is 8.60. The lowest BCUT2D eigenvalue weighted by molar-refractivity contribution is -0.142. The predicted molar refractivity (Wildman–Crippen MR) is 523 cm³/mol.